The zero-order valence-corrected chi connectivity index (χ0v) is 10.9. The SMILES string of the molecule is CCCC(NCCCOCCO)C(=O)OCC. The lowest BCUT2D eigenvalue weighted by Crippen LogP contribution is -2.38. The molecular formula is C12H25NO4. The molecule has 0 fully saturated rings. The Bertz CT molecular complexity index is 187. The van der Waals surface area contributed by atoms with Crippen LogP contribution >= 0.6 is 0 Å². The fourth-order valence-electron chi connectivity index (χ4n) is 1.45. The molecule has 0 aliphatic carbocycles. The summed E-state index contributed by atoms with van der Waals surface area (Å²) in [5, 5.41) is 11.7. The molecule has 5 nitrogen and oxygen atoms in total. The maximum atomic E-state index is 11.6. The minimum Gasteiger partial charge on any atom is -0.465 e. The quantitative estimate of drug-likeness (QED) is 0.416. The number of hydrogen-bond acceptors (Lipinski definition) is 5. The molecule has 1 unspecified atom stereocenters. The van der Waals surface area contributed by atoms with Crippen molar-refractivity contribution in [3.05, 3.63) is 0 Å². The molecule has 0 amide bonds. The number of rotatable bonds is 11. The molecule has 0 aromatic rings. The zero-order valence-electron chi connectivity index (χ0n) is 10.9. The summed E-state index contributed by atoms with van der Waals surface area (Å²) in [6, 6.07) is -0.210. The molecule has 0 rings (SSSR count). The van der Waals surface area contributed by atoms with E-state index in [0.29, 0.717) is 19.8 Å². The van der Waals surface area contributed by atoms with Crippen LogP contribution in [0.5, 0.6) is 0 Å². The first-order chi connectivity index (χ1) is 8.26. The molecule has 0 spiro atoms. The fraction of sp³-hybridized carbons (Fsp3) is 0.917. The molecule has 2 N–H and O–H groups in total. The number of esters is 1. The molecule has 0 aliphatic heterocycles. The Kier molecular flexibility index (Phi) is 11.4. The Labute approximate surface area is 103 Å². The van der Waals surface area contributed by atoms with E-state index in [4.69, 9.17) is 14.6 Å². The number of ether oxygens (including phenoxy) is 2. The van der Waals surface area contributed by atoms with Gasteiger partial charge in [-0.2, -0.15) is 0 Å². The minimum absolute atomic E-state index is 0.0503. The number of carbonyl (C=O) groups excluding carboxylic acids is 1. The highest BCUT2D eigenvalue weighted by molar-refractivity contribution is 5.75. The molecule has 0 aromatic heterocycles. The van der Waals surface area contributed by atoms with Gasteiger partial charge in [0.1, 0.15) is 6.04 Å². The highest BCUT2D eigenvalue weighted by Crippen LogP contribution is 1.99. The Balaban J connectivity index is 3.65. The van der Waals surface area contributed by atoms with E-state index >= 15 is 0 Å². The van der Waals surface area contributed by atoms with Gasteiger partial charge in [-0.25, -0.2) is 0 Å². The standard InChI is InChI=1S/C12H25NO4/c1-3-6-11(12(15)17-4-2)13-7-5-9-16-10-8-14/h11,13-14H,3-10H2,1-2H3. The van der Waals surface area contributed by atoms with Crippen LogP contribution in [0, 0.1) is 0 Å². The normalized spacial score (nSPS) is 12.4. The molecule has 5 heteroatoms. The van der Waals surface area contributed by atoms with Crippen LogP contribution in [0.1, 0.15) is 33.1 Å². The lowest BCUT2D eigenvalue weighted by molar-refractivity contribution is -0.145. The Morgan fingerprint density at radius 3 is 2.71 bits per heavy atom. The monoisotopic (exact) mass is 247 g/mol. The number of carbonyl (C=O) groups is 1. The number of aliphatic hydroxyl groups is 1. The molecule has 0 heterocycles. The minimum atomic E-state index is -0.210. The van der Waals surface area contributed by atoms with Crippen LogP contribution in [0.3, 0.4) is 0 Å². The largest absolute Gasteiger partial charge is 0.465 e. The Morgan fingerprint density at radius 1 is 1.35 bits per heavy atom. The van der Waals surface area contributed by atoms with Gasteiger partial charge in [-0.15, -0.1) is 0 Å². The molecule has 0 aromatic carbocycles. The summed E-state index contributed by atoms with van der Waals surface area (Å²) >= 11 is 0. The maximum absolute atomic E-state index is 11.6. The van der Waals surface area contributed by atoms with Gasteiger partial charge in [-0.1, -0.05) is 13.3 Å². The Hall–Kier alpha value is -0.650. The summed E-state index contributed by atoms with van der Waals surface area (Å²) in [6.07, 6.45) is 2.55. The molecule has 0 saturated carbocycles. The predicted molar refractivity (Wildman–Crippen MR) is 65.9 cm³/mol. The lowest BCUT2D eigenvalue weighted by Gasteiger charge is -2.16. The van der Waals surface area contributed by atoms with Crippen molar-refractivity contribution in [1.82, 2.24) is 5.32 Å². The average Bonchev–Trinajstić information content (AvgIpc) is 2.32. The predicted octanol–water partition coefficient (Wildman–Crippen LogP) is 0.707. The first-order valence-corrected chi connectivity index (χ1v) is 6.34. The third kappa shape index (κ3) is 9.09. The smallest absolute Gasteiger partial charge is 0.323 e. The van der Waals surface area contributed by atoms with E-state index in [9.17, 15) is 4.79 Å². The van der Waals surface area contributed by atoms with Crippen LogP contribution in [-0.4, -0.2) is 50.1 Å². The van der Waals surface area contributed by atoms with E-state index in [0.717, 1.165) is 25.8 Å². The molecule has 0 aliphatic rings. The first-order valence-electron chi connectivity index (χ1n) is 6.34. The van der Waals surface area contributed by atoms with Crippen molar-refractivity contribution in [1.29, 1.82) is 0 Å². The van der Waals surface area contributed by atoms with Gasteiger partial charge in [-0.05, 0) is 26.3 Å². The van der Waals surface area contributed by atoms with Gasteiger partial charge in [0.2, 0.25) is 0 Å². The van der Waals surface area contributed by atoms with E-state index in [1.54, 1.807) is 0 Å². The van der Waals surface area contributed by atoms with E-state index in [1.807, 2.05) is 13.8 Å². The summed E-state index contributed by atoms with van der Waals surface area (Å²) in [5.74, 6) is -0.175. The van der Waals surface area contributed by atoms with Crippen LogP contribution in [0.4, 0.5) is 0 Å². The fourth-order valence-corrected chi connectivity index (χ4v) is 1.45. The van der Waals surface area contributed by atoms with E-state index in [-0.39, 0.29) is 18.6 Å². The topological polar surface area (TPSA) is 67.8 Å². The summed E-state index contributed by atoms with van der Waals surface area (Å²) in [7, 11) is 0. The van der Waals surface area contributed by atoms with Crippen molar-refractivity contribution < 1.29 is 19.4 Å². The molecular weight excluding hydrogens is 222 g/mol. The van der Waals surface area contributed by atoms with Crippen molar-refractivity contribution in [2.45, 2.75) is 39.2 Å². The highest BCUT2D eigenvalue weighted by atomic mass is 16.5. The highest BCUT2D eigenvalue weighted by Gasteiger charge is 2.17. The van der Waals surface area contributed by atoms with Crippen molar-refractivity contribution in [3.63, 3.8) is 0 Å². The van der Waals surface area contributed by atoms with Crippen LogP contribution in [0.25, 0.3) is 0 Å². The Morgan fingerprint density at radius 2 is 2.12 bits per heavy atom. The van der Waals surface area contributed by atoms with Gasteiger partial charge < -0.3 is 19.9 Å². The third-order valence-corrected chi connectivity index (χ3v) is 2.24. The van der Waals surface area contributed by atoms with Gasteiger partial charge in [0.25, 0.3) is 0 Å². The van der Waals surface area contributed by atoms with Crippen molar-refractivity contribution in [2.24, 2.45) is 0 Å². The second kappa shape index (κ2) is 11.8. The summed E-state index contributed by atoms with van der Waals surface area (Å²) < 4.78 is 10.1. The maximum Gasteiger partial charge on any atom is 0.323 e. The molecule has 1 atom stereocenters. The van der Waals surface area contributed by atoms with Crippen LogP contribution in [0.2, 0.25) is 0 Å². The van der Waals surface area contributed by atoms with Gasteiger partial charge in [0.15, 0.2) is 0 Å². The van der Waals surface area contributed by atoms with Crippen molar-refractivity contribution >= 4 is 5.97 Å². The van der Waals surface area contributed by atoms with E-state index in [2.05, 4.69) is 5.32 Å². The van der Waals surface area contributed by atoms with Gasteiger partial charge >= 0.3 is 5.97 Å². The summed E-state index contributed by atoms with van der Waals surface area (Å²) in [6.45, 7) is 6.00. The molecule has 0 saturated heterocycles. The van der Waals surface area contributed by atoms with Gasteiger partial charge in [0, 0.05) is 6.61 Å². The van der Waals surface area contributed by atoms with Gasteiger partial charge in [-0.3, -0.25) is 4.79 Å². The molecule has 102 valence electrons. The van der Waals surface area contributed by atoms with E-state index in [1.165, 1.54) is 0 Å². The third-order valence-electron chi connectivity index (χ3n) is 2.24. The molecule has 17 heavy (non-hydrogen) atoms. The van der Waals surface area contributed by atoms with Gasteiger partial charge in [0.05, 0.1) is 19.8 Å². The van der Waals surface area contributed by atoms with E-state index < -0.39 is 0 Å². The number of aliphatic hydroxyl groups excluding tert-OH is 1. The molecule has 0 bridgehead atoms. The number of nitrogens with one attached hydrogen (secondary N) is 1. The van der Waals surface area contributed by atoms with Crippen LogP contribution < -0.4 is 5.32 Å². The zero-order chi connectivity index (χ0) is 12.9. The second-order valence-corrected chi connectivity index (χ2v) is 3.74. The molecule has 0 radical (unpaired) electrons. The summed E-state index contributed by atoms with van der Waals surface area (Å²) in [5.41, 5.74) is 0. The summed E-state index contributed by atoms with van der Waals surface area (Å²) in [4.78, 5) is 11.6. The number of hydrogen-bond donors (Lipinski definition) is 2. The first kappa shape index (κ1) is 16.4. The lowest BCUT2D eigenvalue weighted by atomic mass is 10.1. The van der Waals surface area contributed by atoms with Crippen molar-refractivity contribution in [3.8, 4) is 0 Å². The average molecular weight is 247 g/mol. The van der Waals surface area contributed by atoms with Crippen LogP contribution in [-0.2, 0) is 14.3 Å². The van der Waals surface area contributed by atoms with Crippen LogP contribution in [0.15, 0.2) is 0 Å². The van der Waals surface area contributed by atoms with Crippen molar-refractivity contribution in [2.75, 3.05) is 33.0 Å². The second-order valence-electron chi connectivity index (χ2n) is 3.74.